The summed E-state index contributed by atoms with van der Waals surface area (Å²) in [6, 6.07) is 4.66. The van der Waals surface area contributed by atoms with Crippen LogP contribution >= 0.6 is 24.4 Å². The zero-order valence-corrected chi connectivity index (χ0v) is 17.1. The predicted molar refractivity (Wildman–Crippen MR) is 110 cm³/mol. The second-order valence-electron chi connectivity index (χ2n) is 6.32. The van der Waals surface area contributed by atoms with Crippen molar-refractivity contribution < 1.29 is 23.4 Å². The summed E-state index contributed by atoms with van der Waals surface area (Å²) in [5.41, 5.74) is 0.847. The second-order valence-corrected chi connectivity index (χ2v) is 7.16. The molecule has 152 valence electrons. The van der Waals surface area contributed by atoms with Gasteiger partial charge in [-0.25, -0.2) is 9.18 Å². The Balaban J connectivity index is 1.66. The van der Waals surface area contributed by atoms with E-state index >= 15 is 0 Å². The minimum atomic E-state index is -0.532. The summed E-state index contributed by atoms with van der Waals surface area (Å²) in [5.74, 6) is -0.436. The maximum Gasteiger partial charge on any atom is 0.414 e. The van der Waals surface area contributed by atoms with E-state index in [0.29, 0.717) is 42.9 Å². The summed E-state index contributed by atoms with van der Waals surface area (Å²) >= 11 is 10.2. The minimum absolute atomic E-state index is 0.218. The number of nitrogens with zero attached hydrogens (tertiary/aromatic N) is 3. The Hall–Kier alpha value is -2.24. The molecule has 2 aliphatic heterocycles. The molecule has 1 N–H and O–H groups in total. The van der Waals surface area contributed by atoms with Gasteiger partial charge in [0.05, 0.1) is 44.8 Å². The van der Waals surface area contributed by atoms with Crippen molar-refractivity contribution in [2.45, 2.75) is 6.10 Å². The molecule has 0 aromatic heterocycles. The first-order valence-corrected chi connectivity index (χ1v) is 9.35. The standard InChI is InChI=1S/C17H21FN4O4S2/c1-24-10-21-9-20(8-15(21)27)14-4-3-11(5-13(14)18)22-7-12(26-17(22)23)6-19-16(28)25-2/h3-5,12H,6-10H2,1-2H3,(H,19,28)/t12-/m0/s1. The highest BCUT2D eigenvalue weighted by molar-refractivity contribution is 7.80. The van der Waals surface area contributed by atoms with Gasteiger partial charge in [0.2, 0.25) is 0 Å². The van der Waals surface area contributed by atoms with Crippen molar-refractivity contribution in [3.8, 4) is 0 Å². The molecule has 2 heterocycles. The lowest BCUT2D eigenvalue weighted by atomic mass is 10.2. The summed E-state index contributed by atoms with van der Waals surface area (Å²) in [7, 11) is 3.04. The molecule has 8 nitrogen and oxygen atoms in total. The third-order valence-electron chi connectivity index (χ3n) is 4.42. The van der Waals surface area contributed by atoms with Gasteiger partial charge in [-0.05, 0) is 30.4 Å². The molecule has 3 rings (SSSR count). The van der Waals surface area contributed by atoms with Crippen LogP contribution in [-0.4, -0.2) is 74.5 Å². The van der Waals surface area contributed by atoms with Gasteiger partial charge >= 0.3 is 6.09 Å². The lowest BCUT2D eigenvalue weighted by molar-refractivity contribution is 0.117. The van der Waals surface area contributed by atoms with E-state index in [4.69, 9.17) is 38.6 Å². The predicted octanol–water partition coefficient (Wildman–Crippen LogP) is 1.68. The lowest BCUT2D eigenvalue weighted by Crippen LogP contribution is -2.34. The Morgan fingerprint density at radius 3 is 2.89 bits per heavy atom. The molecule has 1 aromatic carbocycles. The molecule has 0 unspecified atom stereocenters. The first-order chi connectivity index (χ1) is 13.4. The molecule has 0 bridgehead atoms. The highest BCUT2D eigenvalue weighted by Gasteiger charge is 2.33. The molecule has 2 aliphatic rings. The number of anilines is 2. The van der Waals surface area contributed by atoms with Crippen LogP contribution in [0.15, 0.2) is 18.2 Å². The highest BCUT2D eigenvalue weighted by Crippen LogP contribution is 2.29. The Morgan fingerprint density at radius 2 is 2.21 bits per heavy atom. The molecule has 0 saturated carbocycles. The van der Waals surface area contributed by atoms with Crippen molar-refractivity contribution in [2.24, 2.45) is 0 Å². The molecule has 11 heteroatoms. The van der Waals surface area contributed by atoms with Crippen molar-refractivity contribution in [3.05, 3.63) is 24.0 Å². The summed E-state index contributed by atoms with van der Waals surface area (Å²) in [6.45, 7) is 1.84. The van der Waals surface area contributed by atoms with Gasteiger partial charge in [-0.1, -0.05) is 12.2 Å². The first-order valence-electron chi connectivity index (χ1n) is 8.54. The van der Waals surface area contributed by atoms with E-state index in [9.17, 15) is 9.18 Å². The van der Waals surface area contributed by atoms with E-state index < -0.39 is 18.0 Å². The molecule has 2 fully saturated rings. The monoisotopic (exact) mass is 428 g/mol. The first kappa shape index (κ1) is 20.5. The number of ether oxygens (including phenoxy) is 3. The van der Waals surface area contributed by atoms with Gasteiger partial charge in [0, 0.05) is 7.11 Å². The Labute approximate surface area is 173 Å². The normalized spacial score (nSPS) is 19.2. The molecular formula is C17H21FN4O4S2. The Morgan fingerprint density at radius 1 is 1.43 bits per heavy atom. The summed E-state index contributed by atoms with van der Waals surface area (Å²) in [5, 5.41) is 3.06. The maximum absolute atomic E-state index is 14.8. The SMILES string of the molecule is COCN1CN(c2ccc(N3C[C@H](CNC(=S)OC)OC3=O)cc2F)CC1=S. The maximum atomic E-state index is 14.8. The molecule has 1 atom stereocenters. The van der Waals surface area contributed by atoms with E-state index in [1.807, 2.05) is 9.80 Å². The molecule has 0 spiro atoms. The largest absolute Gasteiger partial charge is 0.474 e. The number of hydrogen-bond donors (Lipinski definition) is 1. The number of carbonyl (C=O) groups is 1. The number of halogens is 1. The van der Waals surface area contributed by atoms with Crippen LogP contribution < -0.4 is 15.1 Å². The number of hydrogen-bond acceptors (Lipinski definition) is 7. The lowest BCUT2D eigenvalue weighted by Gasteiger charge is -2.21. The average Bonchev–Trinajstić information content (AvgIpc) is 3.22. The third kappa shape index (κ3) is 4.42. The number of carbonyl (C=O) groups excluding carboxylic acids is 1. The third-order valence-corrected chi connectivity index (χ3v) is 5.12. The van der Waals surface area contributed by atoms with Gasteiger partial charge in [-0.2, -0.15) is 0 Å². The van der Waals surface area contributed by atoms with Crippen molar-refractivity contribution in [3.63, 3.8) is 0 Å². The van der Waals surface area contributed by atoms with Crippen LogP contribution in [0.5, 0.6) is 0 Å². The highest BCUT2D eigenvalue weighted by atomic mass is 32.1. The number of methoxy groups -OCH3 is 2. The molecule has 1 amide bonds. The van der Waals surface area contributed by atoms with Crippen LogP contribution in [0.2, 0.25) is 0 Å². The minimum Gasteiger partial charge on any atom is -0.474 e. The van der Waals surface area contributed by atoms with Crippen molar-refractivity contribution in [2.75, 3.05) is 57.1 Å². The van der Waals surface area contributed by atoms with Gasteiger partial charge in [0.15, 0.2) is 0 Å². The van der Waals surface area contributed by atoms with E-state index in [2.05, 4.69) is 5.32 Å². The van der Waals surface area contributed by atoms with Gasteiger partial charge < -0.3 is 29.3 Å². The Kier molecular flexibility index (Phi) is 6.47. The fourth-order valence-electron chi connectivity index (χ4n) is 3.06. The molecule has 2 saturated heterocycles. The molecular weight excluding hydrogens is 407 g/mol. The number of cyclic esters (lactones) is 1. The van der Waals surface area contributed by atoms with Gasteiger partial charge in [0.25, 0.3) is 5.17 Å². The second kappa shape index (κ2) is 8.84. The number of rotatable bonds is 6. The van der Waals surface area contributed by atoms with Crippen LogP contribution in [0.1, 0.15) is 0 Å². The average molecular weight is 429 g/mol. The molecule has 0 aliphatic carbocycles. The number of benzene rings is 1. The van der Waals surface area contributed by atoms with Crippen molar-refractivity contribution in [1.82, 2.24) is 10.2 Å². The van der Waals surface area contributed by atoms with Crippen LogP contribution in [0.4, 0.5) is 20.6 Å². The van der Waals surface area contributed by atoms with Crippen LogP contribution in [0.25, 0.3) is 0 Å². The quantitative estimate of drug-likeness (QED) is 0.682. The van der Waals surface area contributed by atoms with Gasteiger partial charge in [-0.3, -0.25) is 4.90 Å². The summed E-state index contributed by atoms with van der Waals surface area (Å²) in [4.78, 5) is 17.9. The van der Waals surface area contributed by atoms with E-state index in [1.54, 1.807) is 19.2 Å². The zero-order valence-electron chi connectivity index (χ0n) is 15.5. The van der Waals surface area contributed by atoms with Crippen LogP contribution in [0, 0.1) is 5.82 Å². The number of amides is 1. The van der Waals surface area contributed by atoms with Gasteiger partial charge in [-0.15, -0.1) is 0 Å². The van der Waals surface area contributed by atoms with Crippen molar-refractivity contribution >= 4 is 52.1 Å². The van der Waals surface area contributed by atoms with Crippen LogP contribution in [-0.2, 0) is 14.2 Å². The summed E-state index contributed by atoms with van der Waals surface area (Å²) < 4.78 is 30.0. The molecule has 28 heavy (non-hydrogen) atoms. The number of thiocarbonyl (C=S) groups is 2. The van der Waals surface area contributed by atoms with E-state index in [0.717, 1.165) is 0 Å². The van der Waals surface area contributed by atoms with Gasteiger partial charge in [0.1, 0.15) is 23.6 Å². The van der Waals surface area contributed by atoms with E-state index in [-0.39, 0.29) is 11.7 Å². The fourth-order valence-corrected chi connectivity index (χ4v) is 3.41. The van der Waals surface area contributed by atoms with Crippen molar-refractivity contribution in [1.29, 1.82) is 0 Å². The topological polar surface area (TPSA) is 66.5 Å². The zero-order chi connectivity index (χ0) is 20.3. The fraction of sp³-hybridized carbons (Fsp3) is 0.471. The molecule has 1 aromatic rings. The Bertz CT molecular complexity index is 782. The van der Waals surface area contributed by atoms with E-state index in [1.165, 1.54) is 18.1 Å². The smallest absolute Gasteiger partial charge is 0.414 e. The van der Waals surface area contributed by atoms with Crippen LogP contribution in [0.3, 0.4) is 0 Å². The number of nitrogens with one attached hydrogen (secondary N) is 1. The molecule has 0 radical (unpaired) electrons. The summed E-state index contributed by atoms with van der Waals surface area (Å²) in [6.07, 6.45) is -0.946.